The Kier molecular flexibility index (Phi) is 5.63. The van der Waals surface area contributed by atoms with Crippen molar-refractivity contribution in [3.05, 3.63) is 28.7 Å². The Morgan fingerprint density at radius 1 is 1.48 bits per heavy atom. The van der Waals surface area contributed by atoms with Crippen LogP contribution in [0.4, 0.5) is 5.95 Å². The van der Waals surface area contributed by atoms with Gasteiger partial charge in [-0.15, -0.1) is 5.10 Å². The van der Waals surface area contributed by atoms with E-state index in [0.717, 1.165) is 10.2 Å². The molecule has 1 atom stereocenters. The van der Waals surface area contributed by atoms with E-state index in [9.17, 15) is 4.79 Å². The quantitative estimate of drug-likeness (QED) is 0.763. The molecule has 1 unspecified atom stereocenters. The van der Waals surface area contributed by atoms with Crippen LogP contribution >= 0.6 is 27.7 Å². The molecule has 112 valence electrons. The summed E-state index contributed by atoms with van der Waals surface area (Å²) >= 11 is 4.84. The maximum atomic E-state index is 12.0. The van der Waals surface area contributed by atoms with Gasteiger partial charge in [-0.25, -0.2) is 5.10 Å². The number of aromatic amines is 1. The molecule has 2 N–H and O–H groups in total. The molecule has 6 nitrogen and oxygen atoms in total. The largest absolute Gasteiger partial charge is 0.481 e. The normalized spacial score (nSPS) is 12.0. The van der Waals surface area contributed by atoms with Crippen LogP contribution < -0.4 is 10.1 Å². The second-order valence-electron chi connectivity index (χ2n) is 4.10. The number of carbonyl (C=O) groups is 1. The zero-order valence-corrected chi connectivity index (χ0v) is 14.0. The van der Waals surface area contributed by atoms with Crippen LogP contribution in [0.25, 0.3) is 0 Å². The summed E-state index contributed by atoms with van der Waals surface area (Å²) in [6, 6.07) is 7.28. The van der Waals surface area contributed by atoms with Crippen LogP contribution in [-0.4, -0.2) is 32.9 Å². The minimum Gasteiger partial charge on any atom is -0.481 e. The molecule has 0 saturated heterocycles. The van der Waals surface area contributed by atoms with Crippen molar-refractivity contribution in [2.75, 3.05) is 11.1 Å². The molecule has 2 aromatic rings. The Labute approximate surface area is 135 Å². The molecule has 0 aliphatic heterocycles. The molecule has 0 aliphatic carbocycles. The van der Waals surface area contributed by atoms with E-state index < -0.39 is 6.10 Å². The maximum Gasteiger partial charge on any atom is 0.267 e. The Bertz CT molecular complexity index is 602. The van der Waals surface area contributed by atoms with Crippen molar-refractivity contribution in [2.45, 2.75) is 25.1 Å². The molecule has 0 radical (unpaired) electrons. The summed E-state index contributed by atoms with van der Waals surface area (Å²) in [5, 5.41) is 9.89. The molecule has 1 aromatic carbocycles. The summed E-state index contributed by atoms with van der Waals surface area (Å²) < 4.78 is 6.51. The second-order valence-corrected chi connectivity index (χ2v) is 6.25. The number of H-pyrrole nitrogens is 1. The van der Waals surface area contributed by atoms with Crippen LogP contribution in [0.5, 0.6) is 5.75 Å². The number of hydrogen-bond donors (Lipinski definition) is 2. The first kappa shape index (κ1) is 15.8. The lowest BCUT2D eigenvalue weighted by Crippen LogP contribution is -2.30. The van der Waals surface area contributed by atoms with E-state index in [-0.39, 0.29) is 5.91 Å². The van der Waals surface area contributed by atoms with Gasteiger partial charge in [0.2, 0.25) is 11.1 Å². The van der Waals surface area contributed by atoms with Crippen LogP contribution in [0.3, 0.4) is 0 Å². The Morgan fingerprint density at radius 3 is 2.86 bits per heavy atom. The Hall–Kier alpha value is -1.54. The summed E-state index contributed by atoms with van der Waals surface area (Å²) in [4.78, 5) is 16.2. The van der Waals surface area contributed by atoms with Gasteiger partial charge in [0, 0.05) is 4.47 Å². The molecule has 8 heteroatoms. The van der Waals surface area contributed by atoms with E-state index in [0.29, 0.717) is 16.9 Å². The number of thioether (sulfide) groups is 1. The predicted octanol–water partition coefficient (Wildman–Crippen LogP) is 3.09. The smallest absolute Gasteiger partial charge is 0.267 e. The van der Waals surface area contributed by atoms with Crippen LogP contribution in [-0.2, 0) is 4.79 Å². The lowest BCUT2D eigenvalue weighted by atomic mass is 10.3. The molecular weight excluding hydrogens is 356 g/mol. The first-order chi connectivity index (χ1) is 10.1. The SMILES string of the molecule is CCSc1n[nH]c(NC(=O)C(C)Oc2ccc(Br)cc2)n1. The Balaban J connectivity index is 1.90. The van der Waals surface area contributed by atoms with E-state index in [4.69, 9.17) is 4.74 Å². The standard InChI is InChI=1S/C13H15BrN4O2S/c1-3-21-13-16-12(17-18-13)15-11(19)8(2)20-10-6-4-9(14)5-7-10/h4-8H,3H2,1-2H3,(H2,15,16,17,18,19). The van der Waals surface area contributed by atoms with E-state index in [1.54, 1.807) is 19.1 Å². The molecule has 1 heterocycles. The van der Waals surface area contributed by atoms with E-state index >= 15 is 0 Å². The molecular formula is C13H15BrN4O2S. The van der Waals surface area contributed by atoms with Crippen molar-refractivity contribution < 1.29 is 9.53 Å². The number of anilines is 1. The summed E-state index contributed by atoms with van der Waals surface area (Å²) in [5.74, 6) is 1.53. The molecule has 0 fully saturated rings. The van der Waals surface area contributed by atoms with Crippen molar-refractivity contribution in [1.82, 2.24) is 15.2 Å². The highest BCUT2D eigenvalue weighted by Gasteiger charge is 2.16. The van der Waals surface area contributed by atoms with Crippen molar-refractivity contribution >= 4 is 39.5 Å². The number of halogens is 1. The second kappa shape index (κ2) is 7.46. The maximum absolute atomic E-state index is 12.0. The fraction of sp³-hybridized carbons (Fsp3) is 0.308. The van der Waals surface area contributed by atoms with Crippen LogP contribution in [0.2, 0.25) is 0 Å². The number of hydrogen-bond acceptors (Lipinski definition) is 5. The lowest BCUT2D eigenvalue weighted by molar-refractivity contribution is -0.122. The molecule has 0 saturated carbocycles. The molecule has 0 aliphatic rings. The van der Waals surface area contributed by atoms with Gasteiger partial charge in [-0.2, -0.15) is 4.98 Å². The highest BCUT2D eigenvalue weighted by Crippen LogP contribution is 2.18. The third kappa shape index (κ3) is 4.75. The third-order valence-electron chi connectivity index (χ3n) is 2.48. The number of rotatable bonds is 6. The summed E-state index contributed by atoms with van der Waals surface area (Å²) in [6.07, 6.45) is -0.640. The molecule has 1 amide bonds. The van der Waals surface area contributed by atoms with Gasteiger partial charge in [-0.1, -0.05) is 34.6 Å². The van der Waals surface area contributed by atoms with Gasteiger partial charge in [0.25, 0.3) is 5.91 Å². The lowest BCUT2D eigenvalue weighted by Gasteiger charge is -2.13. The number of aromatic nitrogens is 3. The topological polar surface area (TPSA) is 79.9 Å². The van der Waals surface area contributed by atoms with Gasteiger partial charge in [0.1, 0.15) is 5.75 Å². The van der Waals surface area contributed by atoms with E-state index in [1.807, 2.05) is 19.1 Å². The van der Waals surface area contributed by atoms with Gasteiger partial charge in [0.05, 0.1) is 0 Å². The summed E-state index contributed by atoms with van der Waals surface area (Å²) in [6.45, 7) is 3.68. The first-order valence-electron chi connectivity index (χ1n) is 6.36. The molecule has 0 spiro atoms. The number of benzene rings is 1. The Morgan fingerprint density at radius 2 is 2.19 bits per heavy atom. The fourth-order valence-corrected chi connectivity index (χ4v) is 2.27. The average Bonchev–Trinajstić information content (AvgIpc) is 2.89. The van der Waals surface area contributed by atoms with Gasteiger partial charge in [-0.05, 0) is 36.9 Å². The summed E-state index contributed by atoms with van der Waals surface area (Å²) in [5.41, 5.74) is 0. The minimum absolute atomic E-state index is 0.290. The van der Waals surface area contributed by atoms with Crippen molar-refractivity contribution in [3.63, 3.8) is 0 Å². The van der Waals surface area contributed by atoms with Crippen molar-refractivity contribution in [2.24, 2.45) is 0 Å². The van der Waals surface area contributed by atoms with Gasteiger partial charge in [0.15, 0.2) is 6.10 Å². The first-order valence-corrected chi connectivity index (χ1v) is 8.14. The number of carbonyl (C=O) groups excluding carboxylic acids is 1. The van der Waals surface area contributed by atoms with Gasteiger partial charge in [-0.3, -0.25) is 10.1 Å². The van der Waals surface area contributed by atoms with Crippen molar-refractivity contribution in [3.8, 4) is 5.75 Å². The highest BCUT2D eigenvalue weighted by atomic mass is 79.9. The predicted molar refractivity (Wildman–Crippen MR) is 85.6 cm³/mol. The zero-order valence-electron chi connectivity index (χ0n) is 11.6. The number of nitrogens with one attached hydrogen (secondary N) is 2. The number of ether oxygens (including phenoxy) is 1. The zero-order chi connectivity index (χ0) is 15.2. The van der Waals surface area contributed by atoms with Gasteiger partial charge < -0.3 is 4.74 Å². The van der Waals surface area contributed by atoms with Crippen molar-refractivity contribution in [1.29, 1.82) is 0 Å². The average molecular weight is 371 g/mol. The van der Waals surface area contributed by atoms with Crippen LogP contribution in [0, 0.1) is 0 Å². The fourth-order valence-electron chi connectivity index (χ4n) is 1.49. The minimum atomic E-state index is -0.640. The third-order valence-corrected chi connectivity index (χ3v) is 3.73. The molecule has 2 rings (SSSR count). The molecule has 1 aromatic heterocycles. The van der Waals surface area contributed by atoms with Gasteiger partial charge >= 0.3 is 0 Å². The highest BCUT2D eigenvalue weighted by molar-refractivity contribution is 9.10. The van der Waals surface area contributed by atoms with E-state index in [2.05, 4.69) is 36.4 Å². The molecule has 21 heavy (non-hydrogen) atoms. The number of nitrogens with zero attached hydrogens (tertiary/aromatic N) is 2. The van der Waals surface area contributed by atoms with Crippen LogP contribution in [0.15, 0.2) is 33.9 Å². The summed E-state index contributed by atoms with van der Waals surface area (Å²) in [7, 11) is 0. The van der Waals surface area contributed by atoms with Crippen LogP contribution in [0.1, 0.15) is 13.8 Å². The van der Waals surface area contributed by atoms with E-state index in [1.165, 1.54) is 11.8 Å². The monoisotopic (exact) mass is 370 g/mol. The molecule has 0 bridgehead atoms. The number of amides is 1.